The first-order valence-corrected chi connectivity index (χ1v) is 9.17. The van der Waals surface area contributed by atoms with Gasteiger partial charge in [-0.05, 0) is 67.7 Å². The van der Waals surface area contributed by atoms with Crippen molar-refractivity contribution in [3.63, 3.8) is 0 Å². The number of nitrogens with one attached hydrogen (secondary N) is 4. The summed E-state index contributed by atoms with van der Waals surface area (Å²) in [5, 5.41) is 5.99. The lowest BCUT2D eigenvalue weighted by Gasteiger charge is -2.12. The van der Waals surface area contributed by atoms with Gasteiger partial charge in [-0.25, -0.2) is 0 Å². The minimum Gasteiger partial charge on any atom is -0.331 e. The molecule has 3 aromatic rings. The molecule has 0 atom stereocenters. The van der Waals surface area contributed by atoms with Gasteiger partial charge < -0.3 is 10.6 Å². The van der Waals surface area contributed by atoms with Gasteiger partial charge in [0.15, 0.2) is 5.11 Å². The fourth-order valence-corrected chi connectivity index (χ4v) is 2.56. The highest BCUT2D eigenvalue weighted by atomic mass is 32.1. The number of hydrogen-bond donors (Lipinski definition) is 4. The predicted molar refractivity (Wildman–Crippen MR) is 117 cm³/mol. The monoisotopic (exact) mass is 405 g/mol. The van der Waals surface area contributed by atoms with Gasteiger partial charge in [0.05, 0.1) is 5.56 Å². The summed E-state index contributed by atoms with van der Waals surface area (Å²) >= 11 is 5.16. The van der Waals surface area contributed by atoms with Crippen molar-refractivity contribution in [3.05, 3.63) is 89.7 Å². The number of anilines is 2. The van der Waals surface area contributed by atoms with Crippen LogP contribution in [0, 0.1) is 6.92 Å². The molecule has 1 aromatic heterocycles. The molecule has 0 fully saturated rings. The summed E-state index contributed by atoms with van der Waals surface area (Å²) in [6.07, 6.45) is 3.08. The predicted octanol–water partition coefficient (Wildman–Crippen LogP) is 3.27. The van der Waals surface area contributed by atoms with Gasteiger partial charge in [0.25, 0.3) is 11.8 Å². The summed E-state index contributed by atoms with van der Waals surface area (Å²) in [5.74, 6) is -0.632. The molecule has 0 aliphatic rings. The summed E-state index contributed by atoms with van der Waals surface area (Å²) < 4.78 is 0. The standard InChI is InChI=1S/C21H19N5O2S/c1-14-4-8-18(9-5-14)24-21(29)26-25-20(28)15-6-10-17(11-7-15)23-19(27)16-3-2-12-22-13-16/h2-13H,1H3,(H,23,27)(H,25,28)(H2,24,26,29). The molecule has 1 heterocycles. The van der Waals surface area contributed by atoms with Crippen molar-refractivity contribution in [2.75, 3.05) is 10.6 Å². The molecule has 29 heavy (non-hydrogen) atoms. The zero-order chi connectivity index (χ0) is 20.6. The maximum absolute atomic E-state index is 12.2. The molecule has 0 unspecified atom stereocenters. The molecule has 0 aliphatic heterocycles. The summed E-state index contributed by atoms with van der Waals surface area (Å²) in [5.41, 5.74) is 8.58. The first-order valence-electron chi connectivity index (χ1n) is 8.77. The second kappa shape index (κ2) is 9.43. The van der Waals surface area contributed by atoms with Crippen molar-refractivity contribution in [2.24, 2.45) is 0 Å². The zero-order valence-electron chi connectivity index (χ0n) is 15.6. The van der Waals surface area contributed by atoms with Gasteiger partial charge in [-0.1, -0.05) is 17.7 Å². The van der Waals surface area contributed by atoms with E-state index in [0.29, 0.717) is 16.8 Å². The zero-order valence-corrected chi connectivity index (χ0v) is 16.4. The van der Waals surface area contributed by atoms with Gasteiger partial charge in [0, 0.05) is 29.3 Å². The Bertz CT molecular complexity index is 1010. The third kappa shape index (κ3) is 5.85. The average molecular weight is 405 g/mol. The number of pyridine rings is 1. The Morgan fingerprint density at radius 2 is 1.45 bits per heavy atom. The molecule has 0 aliphatic carbocycles. The van der Waals surface area contributed by atoms with Gasteiger partial charge in [-0.15, -0.1) is 0 Å². The Balaban J connectivity index is 1.50. The van der Waals surface area contributed by atoms with E-state index in [9.17, 15) is 9.59 Å². The van der Waals surface area contributed by atoms with Crippen molar-refractivity contribution in [2.45, 2.75) is 6.92 Å². The summed E-state index contributed by atoms with van der Waals surface area (Å²) in [6, 6.07) is 17.6. The van der Waals surface area contributed by atoms with Crippen LogP contribution in [0.25, 0.3) is 0 Å². The molecule has 2 amide bonds. The van der Waals surface area contributed by atoms with E-state index >= 15 is 0 Å². The van der Waals surface area contributed by atoms with E-state index in [1.165, 1.54) is 6.20 Å². The molecule has 0 saturated carbocycles. The van der Waals surface area contributed by atoms with Gasteiger partial charge >= 0.3 is 0 Å². The molecule has 8 heteroatoms. The van der Waals surface area contributed by atoms with E-state index in [1.807, 2.05) is 31.2 Å². The minimum atomic E-state index is -0.358. The first-order chi connectivity index (χ1) is 14.0. The van der Waals surface area contributed by atoms with E-state index in [4.69, 9.17) is 12.2 Å². The number of carbonyl (C=O) groups excluding carboxylic acids is 2. The van der Waals surface area contributed by atoms with E-state index in [2.05, 4.69) is 26.5 Å². The van der Waals surface area contributed by atoms with Crippen LogP contribution in [0.2, 0.25) is 0 Å². The van der Waals surface area contributed by atoms with Crippen molar-refractivity contribution in [1.29, 1.82) is 0 Å². The second-order valence-corrected chi connectivity index (χ2v) is 6.58. The van der Waals surface area contributed by atoms with Crippen LogP contribution in [0.4, 0.5) is 11.4 Å². The van der Waals surface area contributed by atoms with E-state index in [-0.39, 0.29) is 16.9 Å². The number of aromatic nitrogens is 1. The lowest BCUT2D eigenvalue weighted by atomic mass is 10.2. The number of carbonyl (C=O) groups is 2. The van der Waals surface area contributed by atoms with Crippen LogP contribution in [0.1, 0.15) is 26.3 Å². The number of hydrogen-bond acceptors (Lipinski definition) is 4. The Morgan fingerprint density at radius 3 is 2.10 bits per heavy atom. The number of nitrogens with zero attached hydrogens (tertiary/aromatic N) is 1. The fourth-order valence-electron chi connectivity index (χ4n) is 2.39. The topological polar surface area (TPSA) is 95.1 Å². The highest BCUT2D eigenvalue weighted by Gasteiger charge is 2.08. The highest BCUT2D eigenvalue weighted by molar-refractivity contribution is 7.80. The van der Waals surface area contributed by atoms with E-state index in [1.54, 1.807) is 42.6 Å². The van der Waals surface area contributed by atoms with Crippen molar-refractivity contribution < 1.29 is 9.59 Å². The Hall–Kier alpha value is -3.78. The molecule has 0 radical (unpaired) electrons. The molecule has 0 bridgehead atoms. The minimum absolute atomic E-state index is 0.266. The molecule has 3 rings (SSSR count). The summed E-state index contributed by atoms with van der Waals surface area (Å²) in [4.78, 5) is 28.3. The van der Waals surface area contributed by atoms with Crippen molar-refractivity contribution >= 4 is 40.5 Å². The Labute approximate surface area is 173 Å². The van der Waals surface area contributed by atoms with Crippen molar-refractivity contribution in [3.8, 4) is 0 Å². The Kier molecular flexibility index (Phi) is 6.49. The van der Waals surface area contributed by atoms with Gasteiger partial charge in [-0.2, -0.15) is 0 Å². The third-order valence-electron chi connectivity index (χ3n) is 3.93. The molecule has 146 valence electrons. The van der Waals surface area contributed by atoms with E-state index in [0.717, 1.165) is 11.3 Å². The van der Waals surface area contributed by atoms with Crippen molar-refractivity contribution in [1.82, 2.24) is 15.8 Å². The highest BCUT2D eigenvalue weighted by Crippen LogP contribution is 2.11. The maximum atomic E-state index is 12.2. The lowest BCUT2D eigenvalue weighted by Crippen LogP contribution is -2.43. The maximum Gasteiger partial charge on any atom is 0.269 e. The molecule has 0 spiro atoms. The van der Waals surface area contributed by atoms with Crippen LogP contribution in [0.15, 0.2) is 73.1 Å². The number of thiocarbonyl (C=S) groups is 1. The lowest BCUT2D eigenvalue weighted by molar-refractivity contribution is 0.0943. The molecular formula is C21H19N5O2S. The Morgan fingerprint density at radius 1 is 0.793 bits per heavy atom. The van der Waals surface area contributed by atoms with Crippen LogP contribution < -0.4 is 21.5 Å². The smallest absolute Gasteiger partial charge is 0.269 e. The third-order valence-corrected chi connectivity index (χ3v) is 4.13. The molecule has 2 aromatic carbocycles. The average Bonchev–Trinajstić information content (AvgIpc) is 2.75. The van der Waals surface area contributed by atoms with Crippen LogP contribution in [-0.4, -0.2) is 21.9 Å². The number of rotatable bonds is 4. The van der Waals surface area contributed by atoms with Crippen LogP contribution in [0.3, 0.4) is 0 Å². The SMILES string of the molecule is Cc1ccc(NC(=S)NNC(=O)c2ccc(NC(=O)c3cccnc3)cc2)cc1. The summed E-state index contributed by atoms with van der Waals surface area (Å²) in [7, 11) is 0. The van der Waals surface area contributed by atoms with Gasteiger partial charge in [-0.3, -0.25) is 25.4 Å². The molecule has 7 nitrogen and oxygen atoms in total. The van der Waals surface area contributed by atoms with Crippen LogP contribution in [0.5, 0.6) is 0 Å². The molecular weight excluding hydrogens is 386 g/mol. The fraction of sp³-hybridized carbons (Fsp3) is 0.0476. The normalized spacial score (nSPS) is 9.97. The van der Waals surface area contributed by atoms with Crippen LogP contribution in [-0.2, 0) is 0 Å². The summed E-state index contributed by atoms with van der Waals surface area (Å²) in [6.45, 7) is 2.00. The quantitative estimate of drug-likeness (QED) is 0.393. The molecule has 4 N–H and O–H groups in total. The second-order valence-electron chi connectivity index (χ2n) is 6.17. The van der Waals surface area contributed by atoms with E-state index < -0.39 is 0 Å². The van der Waals surface area contributed by atoms with Gasteiger partial charge in [0.2, 0.25) is 0 Å². The molecule has 0 saturated heterocycles. The first kappa shape index (κ1) is 20.0. The number of amides is 2. The number of aryl methyl sites for hydroxylation is 1. The largest absolute Gasteiger partial charge is 0.331 e. The van der Waals surface area contributed by atoms with Gasteiger partial charge in [0.1, 0.15) is 0 Å². The number of hydrazine groups is 1. The van der Waals surface area contributed by atoms with Crippen LogP contribution >= 0.6 is 12.2 Å². The number of benzene rings is 2.